The number of carbonyl (C=O) groups excluding carboxylic acids is 3. The Bertz CT molecular complexity index is 1320. The first-order chi connectivity index (χ1) is 25.0. The average Bonchev–Trinajstić information content (AvgIpc) is 3.73. The number of carbonyl (C=O) groups is 3. The van der Waals surface area contributed by atoms with Crippen LogP contribution in [0.4, 0.5) is 0 Å². The molecule has 1 aromatic carbocycles. The normalized spacial score (nSPS) is 16.6. The number of benzene rings is 1. The number of rotatable bonds is 25. The molecule has 2 aromatic rings. The molecule has 52 heavy (non-hydrogen) atoms. The Morgan fingerprint density at radius 3 is 1.87 bits per heavy atom. The summed E-state index contributed by atoms with van der Waals surface area (Å²) in [6, 6.07) is 6.40. The Hall–Kier alpha value is -2.82. The molecule has 3 atom stereocenters. The van der Waals surface area contributed by atoms with Crippen molar-refractivity contribution in [2.75, 3.05) is 13.1 Å². The topological polar surface area (TPSA) is 138 Å². The van der Waals surface area contributed by atoms with Crippen LogP contribution in [0.2, 0.25) is 0 Å². The summed E-state index contributed by atoms with van der Waals surface area (Å²) >= 11 is 1.60. The second-order valence-electron chi connectivity index (χ2n) is 16.0. The minimum absolute atomic E-state index is 0.0680. The fraction of sp³-hybridized carbons (Fsp3) is 0.714. The number of β-amino-alcohol motifs (C(OH)–C–C–N with tert-alkyl or cyclic N) is 1. The second-order valence-corrected chi connectivity index (χ2v) is 16.8. The Morgan fingerprint density at radius 2 is 1.38 bits per heavy atom. The summed E-state index contributed by atoms with van der Waals surface area (Å²) in [7, 11) is 0. The van der Waals surface area contributed by atoms with Gasteiger partial charge in [-0.3, -0.25) is 14.4 Å². The molecule has 1 saturated heterocycles. The van der Waals surface area contributed by atoms with E-state index in [0.29, 0.717) is 13.0 Å². The molecule has 1 aliphatic rings. The third-order valence-electron chi connectivity index (χ3n) is 10.3. The fourth-order valence-electron chi connectivity index (χ4n) is 7.10. The number of amides is 3. The molecule has 3 amide bonds. The van der Waals surface area contributed by atoms with Crippen molar-refractivity contribution >= 4 is 29.1 Å². The number of nitrogens with zero attached hydrogens (tertiary/aromatic N) is 2. The maximum Gasteiger partial charge on any atom is 0.246 e. The number of likely N-dealkylation sites (tertiary alicyclic amines) is 1. The lowest BCUT2D eigenvalue weighted by atomic mass is 9.85. The third-order valence-corrected chi connectivity index (χ3v) is 11.3. The smallest absolute Gasteiger partial charge is 0.246 e. The Morgan fingerprint density at radius 1 is 0.865 bits per heavy atom. The molecule has 0 bridgehead atoms. The van der Waals surface area contributed by atoms with Crippen LogP contribution >= 0.6 is 11.3 Å². The summed E-state index contributed by atoms with van der Waals surface area (Å²) < 4.78 is 0. The Balaban J connectivity index is 1.32. The van der Waals surface area contributed by atoms with Gasteiger partial charge >= 0.3 is 0 Å². The van der Waals surface area contributed by atoms with E-state index in [0.717, 1.165) is 47.5 Å². The van der Waals surface area contributed by atoms with E-state index >= 15 is 0 Å². The van der Waals surface area contributed by atoms with Gasteiger partial charge in [-0.1, -0.05) is 141 Å². The number of nitrogens with two attached hydrogens (primary N) is 1. The molecule has 0 radical (unpaired) electrons. The number of hydrogen-bond acceptors (Lipinski definition) is 7. The van der Waals surface area contributed by atoms with Crippen LogP contribution in [0, 0.1) is 12.3 Å². The molecular weight excluding hydrogens is 671 g/mol. The van der Waals surface area contributed by atoms with Crippen molar-refractivity contribution in [2.24, 2.45) is 11.1 Å². The van der Waals surface area contributed by atoms with Gasteiger partial charge < -0.3 is 26.4 Å². The lowest BCUT2D eigenvalue weighted by Crippen LogP contribution is -2.57. The highest BCUT2D eigenvalue weighted by atomic mass is 32.1. The number of hydrogen-bond donors (Lipinski definition) is 4. The molecule has 2 heterocycles. The second kappa shape index (κ2) is 23.8. The van der Waals surface area contributed by atoms with Gasteiger partial charge in [0.05, 0.1) is 22.2 Å². The fourth-order valence-corrected chi connectivity index (χ4v) is 7.91. The quantitative estimate of drug-likeness (QED) is 0.0758. The molecule has 1 fully saturated rings. The molecule has 0 spiro atoms. The standard InChI is InChI=1S/C42H69N5O4S/c1-32-38(52-31-45-32)34-25-23-33(24-26-34)29-44-40(50)36-28-35(48)30-47(36)41(51)39(42(2,3)4)46-37(49)22-20-18-16-14-12-10-8-6-5-7-9-11-13-15-17-19-21-27-43/h23-26,31,35-36,39,48H,5-22,27-30,43H2,1-4H3,(H,44,50)(H,46,49). The molecule has 0 aliphatic carbocycles. The van der Waals surface area contributed by atoms with E-state index in [9.17, 15) is 19.5 Å². The number of aromatic nitrogens is 1. The first-order valence-electron chi connectivity index (χ1n) is 20.3. The van der Waals surface area contributed by atoms with Crippen molar-refractivity contribution < 1.29 is 19.5 Å². The van der Waals surface area contributed by atoms with Crippen molar-refractivity contribution in [1.82, 2.24) is 20.5 Å². The van der Waals surface area contributed by atoms with Gasteiger partial charge in [-0.15, -0.1) is 11.3 Å². The number of aryl methyl sites for hydroxylation is 1. The summed E-state index contributed by atoms with van der Waals surface area (Å²) in [6.07, 6.45) is 21.1. The Labute approximate surface area is 318 Å². The predicted molar refractivity (Wildman–Crippen MR) is 214 cm³/mol. The van der Waals surface area contributed by atoms with Crippen LogP contribution in [0.25, 0.3) is 10.4 Å². The Kier molecular flexibility index (Phi) is 19.9. The van der Waals surface area contributed by atoms with Crippen molar-refractivity contribution in [2.45, 2.75) is 174 Å². The summed E-state index contributed by atoms with van der Waals surface area (Å²) in [6.45, 7) is 8.95. The van der Waals surface area contributed by atoms with Crippen LogP contribution in [0.15, 0.2) is 29.8 Å². The van der Waals surface area contributed by atoms with Crippen molar-refractivity contribution in [3.8, 4) is 10.4 Å². The predicted octanol–water partition coefficient (Wildman–Crippen LogP) is 8.21. The van der Waals surface area contributed by atoms with Gasteiger partial charge in [0.1, 0.15) is 12.1 Å². The minimum Gasteiger partial charge on any atom is -0.391 e. The zero-order valence-electron chi connectivity index (χ0n) is 32.7. The lowest BCUT2D eigenvalue weighted by molar-refractivity contribution is -0.144. The lowest BCUT2D eigenvalue weighted by Gasteiger charge is -2.35. The molecule has 3 unspecified atom stereocenters. The molecule has 3 rings (SSSR count). The van der Waals surface area contributed by atoms with E-state index in [-0.39, 0.29) is 30.7 Å². The summed E-state index contributed by atoms with van der Waals surface area (Å²) in [5.41, 5.74) is 9.83. The van der Waals surface area contributed by atoms with E-state index in [1.54, 1.807) is 11.3 Å². The van der Waals surface area contributed by atoms with Gasteiger partial charge in [0.15, 0.2) is 0 Å². The number of aliphatic hydroxyl groups is 1. The van der Waals surface area contributed by atoms with E-state index in [1.807, 2.05) is 57.5 Å². The maximum absolute atomic E-state index is 13.9. The molecule has 0 saturated carbocycles. The van der Waals surface area contributed by atoms with Gasteiger partial charge in [0.2, 0.25) is 17.7 Å². The molecule has 1 aromatic heterocycles. The van der Waals surface area contributed by atoms with E-state index in [2.05, 4.69) is 15.6 Å². The van der Waals surface area contributed by atoms with Gasteiger partial charge in [-0.25, -0.2) is 4.98 Å². The highest BCUT2D eigenvalue weighted by Crippen LogP contribution is 2.28. The summed E-state index contributed by atoms with van der Waals surface area (Å²) in [5.74, 6) is -0.768. The summed E-state index contributed by atoms with van der Waals surface area (Å²) in [5, 5.41) is 16.5. The molecular formula is C42H69N5O4S. The van der Waals surface area contributed by atoms with Crippen LogP contribution in [-0.4, -0.2) is 64.0 Å². The van der Waals surface area contributed by atoms with Crippen LogP contribution in [0.3, 0.4) is 0 Å². The first kappa shape index (κ1) is 43.6. The molecule has 9 nitrogen and oxygen atoms in total. The highest BCUT2D eigenvalue weighted by Gasteiger charge is 2.44. The van der Waals surface area contributed by atoms with E-state index in [1.165, 1.54) is 94.8 Å². The zero-order chi connectivity index (χ0) is 37.8. The van der Waals surface area contributed by atoms with Gasteiger partial charge in [-0.05, 0) is 42.9 Å². The number of aliphatic hydroxyl groups excluding tert-OH is 1. The van der Waals surface area contributed by atoms with Gasteiger partial charge in [0, 0.05) is 25.9 Å². The van der Waals surface area contributed by atoms with Crippen molar-refractivity contribution in [3.63, 3.8) is 0 Å². The van der Waals surface area contributed by atoms with E-state index in [4.69, 9.17) is 5.73 Å². The maximum atomic E-state index is 13.9. The number of unbranched alkanes of at least 4 members (excludes halogenated alkanes) is 16. The minimum atomic E-state index is -0.797. The van der Waals surface area contributed by atoms with Crippen LogP contribution < -0.4 is 16.4 Å². The van der Waals surface area contributed by atoms with Crippen LogP contribution in [0.1, 0.15) is 154 Å². The number of thiazole rings is 1. The van der Waals surface area contributed by atoms with Gasteiger partial charge in [-0.2, -0.15) is 0 Å². The average molecular weight is 740 g/mol. The zero-order valence-corrected chi connectivity index (χ0v) is 33.5. The van der Waals surface area contributed by atoms with Crippen LogP contribution in [-0.2, 0) is 20.9 Å². The molecule has 1 aliphatic heterocycles. The molecule has 5 N–H and O–H groups in total. The largest absolute Gasteiger partial charge is 0.391 e. The number of nitrogens with one attached hydrogen (secondary N) is 2. The highest BCUT2D eigenvalue weighted by molar-refractivity contribution is 7.13. The SMILES string of the molecule is Cc1ncsc1-c1ccc(CNC(=O)C2CC(O)CN2C(=O)C(NC(=O)CCCCCCCCCCCCCCCCCCCN)C(C)(C)C)cc1. The van der Waals surface area contributed by atoms with Crippen molar-refractivity contribution in [3.05, 3.63) is 41.0 Å². The van der Waals surface area contributed by atoms with E-state index < -0.39 is 23.6 Å². The third kappa shape index (κ3) is 15.7. The van der Waals surface area contributed by atoms with Crippen LogP contribution in [0.5, 0.6) is 0 Å². The van der Waals surface area contributed by atoms with Crippen molar-refractivity contribution in [1.29, 1.82) is 0 Å². The summed E-state index contributed by atoms with van der Waals surface area (Å²) in [4.78, 5) is 47.2. The monoisotopic (exact) mass is 740 g/mol. The first-order valence-corrected chi connectivity index (χ1v) is 21.1. The molecule has 292 valence electrons. The van der Waals surface area contributed by atoms with Gasteiger partial charge in [0.25, 0.3) is 0 Å². The molecule has 10 heteroatoms.